The first-order valence-corrected chi connectivity index (χ1v) is 7.09. The lowest BCUT2D eigenvalue weighted by molar-refractivity contribution is -0.120. The summed E-state index contributed by atoms with van der Waals surface area (Å²) in [5.74, 6) is -0.596. The molecule has 0 aliphatic carbocycles. The number of halogens is 1. The number of carbonyl (C=O) groups is 2. The fraction of sp³-hybridized carbons (Fsp3) is 0.214. The number of pyridine rings is 1. The first kappa shape index (κ1) is 15.2. The maximum absolute atomic E-state index is 11.8. The van der Waals surface area contributed by atoms with E-state index in [1.54, 1.807) is 18.3 Å². The van der Waals surface area contributed by atoms with E-state index < -0.39 is 5.91 Å². The Kier molecular flexibility index (Phi) is 5.10. The maximum atomic E-state index is 11.8. The molecule has 0 spiro atoms. The summed E-state index contributed by atoms with van der Waals surface area (Å²) in [5.41, 5.74) is 0.757. The zero-order chi connectivity index (χ0) is 15.2. The van der Waals surface area contributed by atoms with Crippen LogP contribution in [-0.2, 0) is 4.79 Å². The second kappa shape index (κ2) is 7.03. The van der Waals surface area contributed by atoms with Crippen LogP contribution in [0, 0.1) is 0 Å². The van der Waals surface area contributed by atoms with Gasteiger partial charge in [0.1, 0.15) is 0 Å². The molecule has 1 unspecified atom stereocenters. The predicted octanol–water partition coefficient (Wildman–Crippen LogP) is 2.04. The van der Waals surface area contributed by atoms with Crippen LogP contribution in [0.4, 0.5) is 0 Å². The van der Waals surface area contributed by atoms with Gasteiger partial charge in [-0.1, -0.05) is 6.07 Å². The number of hydrogen-bond donors (Lipinski definition) is 2. The third-order valence-electron chi connectivity index (χ3n) is 2.72. The molecule has 1 atom stereocenters. The number of nitrogens with zero attached hydrogens (tertiary/aromatic N) is 1. The number of furan rings is 1. The van der Waals surface area contributed by atoms with Gasteiger partial charge in [-0.2, -0.15) is 0 Å². The monoisotopic (exact) mass is 351 g/mol. The van der Waals surface area contributed by atoms with Crippen molar-refractivity contribution < 1.29 is 14.0 Å². The number of nitrogens with one attached hydrogen (secondary N) is 2. The van der Waals surface area contributed by atoms with Crippen LogP contribution in [0.25, 0.3) is 0 Å². The van der Waals surface area contributed by atoms with E-state index in [1.165, 1.54) is 6.07 Å². The van der Waals surface area contributed by atoms with Gasteiger partial charge in [0.2, 0.25) is 5.91 Å². The van der Waals surface area contributed by atoms with E-state index in [0.29, 0.717) is 4.67 Å². The molecule has 0 saturated heterocycles. The van der Waals surface area contributed by atoms with Crippen molar-refractivity contribution in [1.82, 2.24) is 15.6 Å². The van der Waals surface area contributed by atoms with Crippen molar-refractivity contribution >= 4 is 27.7 Å². The lowest BCUT2D eigenvalue weighted by Gasteiger charge is -2.13. The molecule has 0 aliphatic heterocycles. The van der Waals surface area contributed by atoms with Gasteiger partial charge in [-0.15, -0.1) is 0 Å². The second-order valence-corrected chi connectivity index (χ2v) is 5.11. The Labute approximate surface area is 130 Å². The standard InChI is InChI=1S/C14H14BrN3O3/c1-9(10-4-2-3-7-16-10)18-13(19)8-17-14(20)11-5-6-12(15)21-11/h2-7,9H,8H2,1H3,(H,17,20)(H,18,19). The van der Waals surface area contributed by atoms with E-state index >= 15 is 0 Å². The molecule has 0 fully saturated rings. The molecule has 0 radical (unpaired) electrons. The quantitative estimate of drug-likeness (QED) is 0.863. The number of hydrogen-bond acceptors (Lipinski definition) is 4. The van der Waals surface area contributed by atoms with Crippen LogP contribution in [0.3, 0.4) is 0 Å². The van der Waals surface area contributed by atoms with Crippen molar-refractivity contribution in [2.75, 3.05) is 6.54 Å². The third kappa shape index (κ3) is 4.42. The Hall–Kier alpha value is -2.15. The summed E-state index contributed by atoms with van der Waals surface area (Å²) in [6.45, 7) is 1.69. The zero-order valence-corrected chi connectivity index (χ0v) is 12.9. The molecule has 0 aromatic carbocycles. The minimum absolute atomic E-state index is 0.131. The van der Waals surface area contributed by atoms with Crippen molar-refractivity contribution in [3.63, 3.8) is 0 Å². The van der Waals surface area contributed by atoms with Crippen molar-refractivity contribution in [3.05, 3.63) is 52.7 Å². The molecule has 0 saturated carbocycles. The van der Waals surface area contributed by atoms with Gasteiger partial charge in [-0.3, -0.25) is 14.6 Å². The fourth-order valence-corrected chi connectivity index (χ4v) is 1.99. The molecule has 110 valence electrons. The molecule has 6 nitrogen and oxygen atoms in total. The van der Waals surface area contributed by atoms with Gasteiger partial charge in [0, 0.05) is 6.20 Å². The van der Waals surface area contributed by atoms with Gasteiger partial charge in [0.05, 0.1) is 18.3 Å². The Morgan fingerprint density at radius 2 is 2.14 bits per heavy atom. The van der Waals surface area contributed by atoms with Crippen molar-refractivity contribution in [1.29, 1.82) is 0 Å². The average Bonchev–Trinajstić information content (AvgIpc) is 2.92. The number of amides is 2. The van der Waals surface area contributed by atoms with E-state index in [9.17, 15) is 9.59 Å². The summed E-state index contributed by atoms with van der Waals surface area (Å²) in [6, 6.07) is 8.38. The highest BCUT2D eigenvalue weighted by atomic mass is 79.9. The molecule has 0 bridgehead atoms. The van der Waals surface area contributed by atoms with Gasteiger partial charge < -0.3 is 15.1 Å². The number of aromatic nitrogens is 1. The summed E-state index contributed by atoms with van der Waals surface area (Å²) < 4.78 is 5.55. The van der Waals surface area contributed by atoms with Crippen LogP contribution in [0.5, 0.6) is 0 Å². The maximum Gasteiger partial charge on any atom is 0.287 e. The Morgan fingerprint density at radius 1 is 1.33 bits per heavy atom. The van der Waals surface area contributed by atoms with Gasteiger partial charge >= 0.3 is 0 Å². The minimum Gasteiger partial charge on any atom is -0.444 e. The highest BCUT2D eigenvalue weighted by Crippen LogP contribution is 2.13. The van der Waals surface area contributed by atoms with E-state index in [2.05, 4.69) is 31.5 Å². The molecule has 2 rings (SSSR count). The molecule has 21 heavy (non-hydrogen) atoms. The number of carbonyl (C=O) groups excluding carboxylic acids is 2. The van der Waals surface area contributed by atoms with Crippen LogP contribution >= 0.6 is 15.9 Å². The van der Waals surface area contributed by atoms with E-state index in [0.717, 1.165) is 5.69 Å². The Morgan fingerprint density at radius 3 is 2.76 bits per heavy atom. The molecule has 2 heterocycles. The van der Waals surface area contributed by atoms with Crippen LogP contribution in [-0.4, -0.2) is 23.3 Å². The molecule has 2 aromatic rings. The van der Waals surface area contributed by atoms with Crippen molar-refractivity contribution in [2.24, 2.45) is 0 Å². The van der Waals surface area contributed by atoms with Gasteiger partial charge in [-0.05, 0) is 47.1 Å². The van der Waals surface area contributed by atoms with Crippen LogP contribution < -0.4 is 10.6 Å². The molecule has 2 amide bonds. The summed E-state index contributed by atoms with van der Waals surface area (Å²) in [7, 11) is 0. The lowest BCUT2D eigenvalue weighted by Crippen LogP contribution is -2.38. The molecule has 0 aliphatic rings. The Balaban J connectivity index is 1.81. The van der Waals surface area contributed by atoms with Crippen LogP contribution in [0.15, 0.2) is 45.6 Å². The third-order valence-corrected chi connectivity index (χ3v) is 3.14. The van der Waals surface area contributed by atoms with Gasteiger partial charge in [-0.25, -0.2) is 0 Å². The van der Waals surface area contributed by atoms with Gasteiger partial charge in [0.15, 0.2) is 10.4 Å². The smallest absolute Gasteiger partial charge is 0.287 e. The molecule has 2 N–H and O–H groups in total. The SMILES string of the molecule is CC(NC(=O)CNC(=O)c1ccc(Br)o1)c1ccccn1. The second-order valence-electron chi connectivity index (χ2n) is 4.33. The predicted molar refractivity (Wildman–Crippen MR) is 79.5 cm³/mol. The lowest BCUT2D eigenvalue weighted by atomic mass is 10.2. The summed E-state index contributed by atoms with van der Waals surface area (Å²) in [5, 5.41) is 5.24. The molecular weight excluding hydrogens is 338 g/mol. The topological polar surface area (TPSA) is 84.2 Å². The fourth-order valence-electron chi connectivity index (χ4n) is 1.68. The zero-order valence-electron chi connectivity index (χ0n) is 11.3. The van der Waals surface area contributed by atoms with E-state index in [4.69, 9.17) is 4.42 Å². The highest BCUT2D eigenvalue weighted by Gasteiger charge is 2.14. The molecule has 7 heteroatoms. The van der Waals surface area contributed by atoms with E-state index in [1.807, 2.05) is 19.1 Å². The van der Waals surface area contributed by atoms with Gasteiger partial charge in [0.25, 0.3) is 5.91 Å². The normalized spacial score (nSPS) is 11.7. The highest BCUT2D eigenvalue weighted by molar-refractivity contribution is 9.10. The van der Waals surface area contributed by atoms with Crippen molar-refractivity contribution in [2.45, 2.75) is 13.0 Å². The largest absolute Gasteiger partial charge is 0.444 e. The van der Waals surface area contributed by atoms with Crippen LogP contribution in [0.2, 0.25) is 0 Å². The van der Waals surface area contributed by atoms with Crippen molar-refractivity contribution in [3.8, 4) is 0 Å². The first-order valence-electron chi connectivity index (χ1n) is 6.30. The molecule has 2 aromatic heterocycles. The molecular formula is C14H14BrN3O3. The Bertz CT molecular complexity index is 627. The number of rotatable bonds is 5. The average molecular weight is 352 g/mol. The summed E-state index contributed by atoms with van der Waals surface area (Å²) in [4.78, 5) is 27.6. The summed E-state index contributed by atoms with van der Waals surface area (Å²) >= 11 is 3.11. The minimum atomic E-state index is -0.443. The summed E-state index contributed by atoms with van der Waals surface area (Å²) in [6.07, 6.45) is 1.66. The van der Waals surface area contributed by atoms with E-state index in [-0.39, 0.29) is 24.3 Å². The first-order chi connectivity index (χ1) is 10.1. The van der Waals surface area contributed by atoms with Crippen LogP contribution in [0.1, 0.15) is 29.2 Å².